The number of carbonyl (C=O) groups excluding carboxylic acids is 1. The maximum atomic E-state index is 12.7. The van der Waals surface area contributed by atoms with Gasteiger partial charge < -0.3 is 5.32 Å². The number of aromatic nitrogens is 1. The van der Waals surface area contributed by atoms with Gasteiger partial charge in [0.2, 0.25) is 15.9 Å². The predicted molar refractivity (Wildman–Crippen MR) is 99.0 cm³/mol. The Morgan fingerprint density at radius 2 is 1.85 bits per heavy atom. The van der Waals surface area contributed by atoms with Gasteiger partial charge in [-0.1, -0.05) is 29.8 Å². The van der Waals surface area contributed by atoms with Crippen LogP contribution in [0.2, 0.25) is 5.02 Å². The molecule has 0 bridgehead atoms. The van der Waals surface area contributed by atoms with Crippen LogP contribution >= 0.6 is 11.6 Å². The van der Waals surface area contributed by atoms with E-state index in [0.29, 0.717) is 32.5 Å². The average Bonchev–Trinajstić information content (AvgIpc) is 2.67. The molecule has 2 aromatic rings. The molecular formula is C18H20ClN3O3S. The van der Waals surface area contributed by atoms with Crippen molar-refractivity contribution in [2.45, 2.75) is 24.3 Å². The molecule has 1 amide bonds. The highest BCUT2D eigenvalue weighted by Gasteiger charge is 2.32. The third-order valence-corrected chi connectivity index (χ3v) is 6.85. The van der Waals surface area contributed by atoms with Gasteiger partial charge >= 0.3 is 0 Å². The molecule has 0 radical (unpaired) electrons. The maximum Gasteiger partial charge on any atom is 0.244 e. The highest BCUT2D eigenvalue weighted by atomic mass is 35.5. The van der Waals surface area contributed by atoms with Crippen molar-refractivity contribution < 1.29 is 13.2 Å². The van der Waals surface area contributed by atoms with Crippen molar-refractivity contribution in [2.75, 3.05) is 13.1 Å². The van der Waals surface area contributed by atoms with Crippen molar-refractivity contribution in [1.82, 2.24) is 14.6 Å². The Morgan fingerprint density at radius 1 is 1.15 bits per heavy atom. The van der Waals surface area contributed by atoms with Gasteiger partial charge in [0.25, 0.3) is 0 Å². The molecule has 3 rings (SSSR count). The third-order valence-electron chi connectivity index (χ3n) is 4.45. The summed E-state index contributed by atoms with van der Waals surface area (Å²) in [6.07, 6.45) is 2.65. The summed E-state index contributed by atoms with van der Waals surface area (Å²) in [5.74, 6) is -0.262. The van der Waals surface area contributed by atoms with E-state index in [1.807, 2.05) is 18.2 Å². The van der Waals surface area contributed by atoms with Crippen molar-refractivity contribution in [1.29, 1.82) is 0 Å². The summed E-state index contributed by atoms with van der Waals surface area (Å²) in [6.45, 7) is 0.974. The molecule has 26 heavy (non-hydrogen) atoms. The zero-order valence-corrected chi connectivity index (χ0v) is 15.7. The molecule has 1 saturated heterocycles. The Labute approximate surface area is 158 Å². The topological polar surface area (TPSA) is 79.4 Å². The molecule has 0 atom stereocenters. The molecule has 8 heteroatoms. The lowest BCUT2D eigenvalue weighted by Crippen LogP contribution is -2.42. The van der Waals surface area contributed by atoms with E-state index in [1.54, 1.807) is 24.4 Å². The van der Waals surface area contributed by atoms with E-state index < -0.39 is 10.0 Å². The fraction of sp³-hybridized carbons (Fsp3) is 0.333. The van der Waals surface area contributed by atoms with Gasteiger partial charge in [0.1, 0.15) is 4.90 Å². The van der Waals surface area contributed by atoms with Crippen molar-refractivity contribution in [3.8, 4) is 0 Å². The molecule has 1 fully saturated rings. The molecule has 6 nitrogen and oxygen atoms in total. The number of pyridine rings is 1. The van der Waals surface area contributed by atoms with Crippen LogP contribution in [0.3, 0.4) is 0 Å². The molecule has 1 N–H and O–H groups in total. The van der Waals surface area contributed by atoms with Crippen molar-refractivity contribution in [2.24, 2.45) is 5.92 Å². The van der Waals surface area contributed by atoms with Crippen LogP contribution in [-0.4, -0.2) is 36.7 Å². The van der Waals surface area contributed by atoms with Gasteiger partial charge in [-0.2, -0.15) is 4.31 Å². The summed E-state index contributed by atoms with van der Waals surface area (Å²) >= 11 is 6.03. The lowest BCUT2D eigenvalue weighted by atomic mass is 9.97. The summed E-state index contributed by atoms with van der Waals surface area (Å²) in [4.78, 5) is 16.6. The van der Waals surface area contributed by atoms with E-state index in [1.165, 1.54) is 10.4 Å². The SMILES string of the molecule is O=C(NCc1ccccn1)C1CCN(S(=O)(=O)c2ccccc2Cl)CC1. The van der Waals surface area contributed by atoms with Crippen LogP contribution in [0.5, 0.6) is 0 Å². The zero-order valence-electron chi connectivity index (χ0n) is 14.1. The third kappa shape index (κ3) is 4.23. The molecule has 0 saturated carbocycles. The lowest BCUT2D eigenvalue weighted by Gasteiger charge is -2.30. The molecule has 1 aliphatic rings. The first-order valence-electron chi connectivity index (χ1n) is 8.41. The van der Waals surface area contributed by atoms with E-state index in [0.717, 1.165) is 5.69 Å². The minimum absolute atomic E-state index is 0.0644. The van der Waals surface area contributed by atoms with Crippen LogP contribution in [0.4, 0.5) is 0 Å². The fourth-order valence-electron chi connectivity index (χ4n) is 2.98. The molecule has 0 spiro atoms. The summed E-state index contributed by atoms with van der Waals surface area (Å²) in [7, 11) is -3.64. The van der Waals surface area contributed by atoms with Crippen LogP contribution in [-0.2, 0) is 21.4 Å². The highest BCUT2D eigenvalue weighted by Crippen LogP contribution is 2.28. The Bertz CT molecular complexity index is 866. The second-order valence-electron chi connectivity index (χ2n) is 6.15. The van der Waals surface area contributed by atoms with E-state index >= 15 is 0 Å². The van der Waals surface area contributed by atoms with E-state index in [4.69, 9.17) is 11.6 Å². The summed E-state index contributed by atoms with van der Waals surface area (Å²) in [6, 6.07) is 11.9. The number of hydrogen-bond donors (Lipinski definition) is 1. The van der Waals surface area contributed by atoms with E-state index in [9.17, 15) is 13.2 Å². The zero-order chi connectivity index (χ0) is 18.6. The fourth-order valence-corrected chi connectivity index (χ4v) is 4.94. The smallest absolute Gasteiger partial charge is 0.244 e. The molecule has 2 heterocycles. The normalized spacial score (nSPS) is 16.3. The van der Waals surface area contributed by atoms with Crippen molar-refractivity contribution in [3.05, 3.63) is 59.4 Å². The number of carbonyl (C=O) groups is 1. The van der Waals surface area contributed by atoms with Gasteiger partial charge in [-0.25, -0.2) is 8.42 Å². The predicted octanol–water partition coefficient (Wildman–Crippen LogP) is 2.45. The maximum absolute atomic E-state index is 12.7. The Balaban J connectivity index is 1.57. The minimum Gasteiger partial charge on any atom is -0.350 e. The summed E-state index contributed by atoms with van der Waals surface area (Å²) in [5.41, 5.74) is 0.791. The number of halogens is 1. The lowest BCUT2D eigenvalue weighted by molar-refractivity contribution is -0.126. The standard InChI is InChI=1S/C18H20ClN3O3S/c19-16-6-1-2-7-17(16)26(24,25)22-11-8-14(9-12-22)18(23)21-13-15-5-3-4-10-20-15/h1-7,10,14H,8-9,11-13H2,(H,21,23). The molecular weight excluding hydrogens is 374 g/mol. The van der Waals surface area contributed by atoms with E-state index in [-0.39, 0.29) is 21.7 Å². The molecule has 138 valence electrons. The second kappa shape index (κ2) is 8.16. The van der Waals surface area contributed by atoms with Gasteiger partial charge in [-0.3, -0.25) is 9.78 Å². The second-order valence-corrected chi connectivity index (χ2v) is 8.46. The van der Waals surface area contributed by atoms with Crippen LogP contribution in [0.25, 0.3) is 0 Å². The quantitative estimate of drug-likeness (QED) is 0.846. The van der Waals surface area contributed by atoms with Crippen LogP contribution in [0.15, 0.2) is 53.6 Å². The number of rotatable bonds is 5. The molecule has 0 unspecified atom stereocenters. The minimum atomic E-state index is -3.64. The number of sulfonamides is 1. The van der Waals surface area contributed by atoms with Crippen LogP contribution in [0, 0.1) is 5.92 Å². The number of amides is 1. The summed E-state index contributed by atoms with van der Waals surface area (Å²) in [5, 5.41) is 3.08. The molecule has 1 aromatic heterocycles. The van der Waals surface area contributed by atoms with Crippen molar-refractivity contribution >= 4 is 27.5 Å². The van der Waals surface area contributed by atoms with Crippen LogP contribution in [0.1, 0.15) is 18.5 Å². The van der Waals surface area contributed by atoms with Gasteiger partial charge in [0.05, 0.1) is 17.3 Å². The monoisotopic (exact) mass is 393 g/mol. The van der Waals surface area contributed by atoms with E-state index in [2.05, 4.69) is 10.3 Å². The molecule has 1 aliphatic heterocycles. The summed E-state index contributed by atoms with van der Waals surface area (Å²) < 4.78 is 26.9. The number of hydrogen-bond acceptors (Lipinski definition) is 4. The number of piperidine rings is 1. The van der Waals surface area contributed by atoms with Gasteiger partial charge in [0, 0.05) is 25.2 Å². The van der Waals surface area contributed by atoms with Crippen molar-refractivity contribution in [3.63, 3.8) is 0 Å². The van der Waals surface area contributed by atoms with Gasteiger partial charge in [-0.05, 0) is 37.1 Å². The number of benzene rings is 1. The largest absolute Gasteiger partial charge is 0.350 e. The Hall–Kier alpha value is -1.96. The number of nitrogens with one attached hydrogen (secondary N) is 1. The van der Waals surface area contributed by atoms with Gasteiger partial charge in [-0.15, -0.1) is 0 Å². The molecule has 1 aromatic carbocycles. The Morgan fingerprint density at radius 3 is 2.50 bits per heavy atom. The highest BCUT2D eigenvalue weighted by molar-refractivity contribution is 7.89. The first kappa shape index (κ1) is 18.8. The molecule has 0 aliphatic carbocycles. The first-order valence-corrected chi connectivity index (χ1v) is 10.2. The Kier molecular flexibility index (Phi) is 5.90. The van der Waals surface area contributed by atoms with Crippen LogP contribution < -0.4 is 5.32 Å². The van der Waals surface area contributed by atoms with Gasteiger partial charge in [0.15, 0.2) is 0 Å². The average molecular weight is 394 g/mol. The number of nitrogens with zero attached hydrogens (tertiary/aromatic N) is 2. The first-order chi connectivity index (χ1) is 12.5.